The van der Waals surface area contributed by atoms with Crippen molar-refractivity contribution in [1.29, 1.82) is 0 Å². The zero-order valence-electron chi connectivity index (χ0n) is 23.2. The lowest BCUT2D eigenvalue weighted by atomic mass is 9.86. The van der Waals surface area contributed by atoms with Crippen LogP contribution in [0.5, 0.6) is 5.75 Å². The van der Waals surface area contributed by atoms with Crippen LogP contribution in [0.2, 0.25) is 0 Å². The predicted molar refractivity (Wildman–Crippen MR) is 153 cm³/mol. The molecule has 208 valence electrons. The lowest BCUT2D eigenvalue weighted by Gasteiger charge is -2.26. The lowest BCUT2D eigenvalue weighted by Crippen LogP contribution is -2.39. The van der Waals surface area contributed by atoms with Crippen LogP contribution in [0.1, 0.15) is 63.0 Å². The Balaban J connectivity index is 1.07. The van der Waals surface area contributed by atoms with Crippen LogP contribution < -0.4 is 15.6 Å². The van der Waals surface area contributed by atoms with Gasteiger partial charge in [-0.1, -0.05) is 18.0 Å². The maximum Gasteiger partial charge on any atom is 0.391 e. The van der Waals surface area contributed by atoms with E-state index in [4.69, 9.17) is 10.5 Å². The molecular weight excluding hydrogens is 490 g/mol. The number of amides is 1. The number of anilines is 1. The summed E-state index contributed by atoms with van der Waals surface area (Å²) in [5, 5.41) is 10.9. The number of piperidine rings is 2. The van der Waals surface area contributed by atoms with E-state index in [-0.39, 0.29) is 17.7 Å². The molecule has 2 fully saturated rings. The van der Waals surface area contributed by atoms with Crippen molar-refractivity contribution in [3.05, 3.63) is 53.9 Å². The van der Waals surface area contributed by atoms with Crippen LogP contribution in [0.4, 0.5) is 5.95 Å². The van der Waals surface area contributed by atoms with Gasteiger partial charge in [-0.3, -0.25) is 9.69 Å². The smallest absolute Gasteiger partial charge is 0.391 e. The first-order chi connectivity index (χ1) is 19.0. The number of aliphatic hydroxyl groups excluding tert-OH is 1. The van der Waals surface area contributed by atoms with Crippen LogP contribution in [-0.4, -0.2) is 64.0 Å². The van der Waals surface area contributed by atoms with E-state index in [1.54, 1.807) is 0 Å². The Bertz CT molecular complexity index is 1170. The number of carbonyl (C=O) groups excluding carboxylic acids is 1. The monoisotopic (exact) mass is 534 g/mol. The average Bonchev–Trinajstić information content (AvgIpc) is 3.00. The fourth-order valence-corrected chi connectivity index (χ4v) is 6.07. The molecule has 1 aromatic heterocycles. The maximum absolute atomic E-state index is 11.4. The van der Waals surface area contributed by atoms with E-state index in [1.165, 1.54) is 16.7 Å². The SMILES string of the molecule is CCc1cnc(N2CCC(C[OH+]c3ccc(C4=CCC(C(O)=[N+]5CCC(C(N)=O)CC5)CC4)cc3)CC2)[nH+]c1. The van der Waals surface area contributed by atoms with Gasteiger partial charge in [0, 0.05) is 42.4 Å². The van der Waals surface area contributed by atoms with Gasteiger partial charge in [0.15, 0.2) is 6.61 Å². The second kappa shape index (κ2) is 12.6. The summed E-state index contributed by atoms with van der Waals surface area (Å²) in [4.78, 5) is 21.7. The summed E-state index contributed by atoms with van der Waals surface area (Å²) in [7, 11) is 0. The molecule has 1 aromatic carbocycles. The molecule has 5 rings (SSSR count). The van der Waals surface area contributed by atoms with Gasteiger partial charge < -0.3 is 15.6 Å². The summed E-state index contributed by atoms with van der Waals surface area (Å²) in [6.45, 7) is 6.46. The van der Waals surface area contributed by atoms with Crippen molar-refractivity contribution >= 4 is 23.3 Å². The highest BCUT2D eigenvalue weighted by atomic mass is 16.5. The Hall–Kier alpha value is -3.42. The first-order valence-corrected chi connectivity index (χ1v) is 14.7. The van der Waals surface area contributed by atoms with Crippen molar-refractivity contribution in [2.24, 2.45) is 23.5 Å². The molecule has 0 spiro atoms. The Kier molecular flexibility index (Phi) is 8.79. The van der Waals surface area contributed by atoms with Gasteiger partial charge in [0.05, 0.1) is 25.2 Å². The van der Waals surface area contributed by atoms with Crippen LogP contribution in [0.3, 0.4) is 0 Å². The van der Waals surface area contributed by atoms with Crippen LogP contribution in [0, 0.1) is 17.8 Å². The normalized spacial score (nSPS) is 22.3. The van der Waals surface area contributed by atoms with E-state index in [0.717, 1.165) is 82.8 Å². The molecule has 3 aliphatic rings. The first-order valence-electron chi connectivity index (χ1n) is 14.7. The lowest BCUT2D eigenvalue weighted by molar-refractivity contribution is -0.549. The Labute approximate surface area is 231 Å². The van der Waals surface area contributed by atoms with Gasteiger partial charge in [-0.25, -0.2) is 9.56 Å². The van der Waals surface area contributed by atoms with Crippen LogP contribution in [0.25, 0.3) is 5.57 Å². The number of nitrogens with two attached hydrogens (primary N) is 1. The van der Waals surface area contributed by atoms with E-state index in [9.17, 15) is 9.90 Å². The van der Waals surface area contributed by atoms with Crippen molar-refractivity contribution in [3.63, 3.8) is 0 Å². The minimum atomic E-state index is -0.218. The molecular formula is C31H44N5O3+3. The number of nitrogens with zero attached hydrogens (tertiary/aromatic N) is 3. The standard InChI is InChI=1S/C31H41N5O3/c1-2-22-19-33-31(34-20-22)36-15-11-23(12-16-36)21-39-28-9-7-25(8-10-28)24-3-5-27(6-4-24)30(38)35-17-13-26(14-18-35)29(32)37/h3,7-10,19-20,23,26-27H,2,4-6,11-18,21H2,1H3,(H2,32,37)/p+3. The van der Waals surface area contributed by atoms with E-state index in [0.29, 0.717) is 24.9 Å². The molecule has 2 saturated heterocycles. The number of aromatic nitrogens is 2. The topological polar surface area (TPSA) is 109 Å². The number of hydrogen-bond donors (Lipinski definition) is 2. The van der Waals surface area contributed by atoms with E-state index in [1.807, 2.05) is 10.8 Å². The first kappa shape index (κ1) is 27.2. The number of ether oxygens (including phenoxy) is 1. The number of primary amides is 1. The Morgan fingerprint density at radius 3 is 2.46 bits per heavy atom. The number of nitrogens with one attached hydrogen (secondary N) is 1. The molecule has 2 aliphatic heterocycles. The second-order valence-corrected chi connectivity index (χ2v) is 11.3. The van der Waals surface area contributed by atoms with Crippen LogP contribution in [0.15, 0.2) is 42.7 Å². The summed E-state index contributed by atoms with van der Waals surface area (Å²) in [5.41, 5.74) is 9.28. The van der Waals surface area contributed by atoms with E-state index < -0.39 is 0 Å². The second-order valence-electron chi connectivity index (χ2n) is 11.3. The number of allylic oxidation sites excluding steroid dienone is 2. The van der Waals surface area contributed by atoms with Gasteiger partial charge in [-0.05, 0) is 61.8 Å². The van der Waals surface area contributed by atoms with E-state index in [2.05, 4.69) is 58.3 Å². The number of carbonyl (C=O) groups is 1. The predicted octanol–water partition coefficient (Wildman–Crippen LogP) is 3.66. The van der Waals surface area contributed by atoms with Crippen LogP contribution in [-0.2, 0) is 11.2 Å². The molecule has 2 aromatic rings. The van der Waals surface area contributed by atoms with Gasteiger partial charge >= 0.3 is 11.8 Å². The van der Waals surface area contributed by atoms with Gasteiger partial charge in [0.1, 0.15) is 19.3 Å². The highest BCUT2D eigenvalue weighted by Crippen LogP contribution is 2.32. The fraction of sp³-hybridized carbons (Fsp3) is 0.548. The minimum absolute atomic E-state index is 0.0557. The highest BCUT2D eigenvalue weighted by molar-refractivity contribution is 5.77. The van der Waals surface area contributed by atoms with Crippen molar-refractivity contribution in [2.75, 3.05) is 37.7 Å². The van der Waals surface area contributed by atoms with Crippen molar-refractivity contribution in [3.8, 4) is 5.75 Å². The third kappa shape index (κ3) is 6.78. The third-order valence-corrected chi connectivity index (χ3v) is 8.83. The number of aliphatic hydroxyl groups is 2. The molecule has 0 radical (unpaired) electrons. The summed E-state index contributed by atoms with van der Waals surface area (Å²) in [6, 6.07) is 8.65. The van der Waals surface area contributed by atoms with Crippen molar-refractivity contribution in [2.45, 2.75) is 58.3 Å². The van der Waals surface area contributed by atoms with Crippen molar-refractivity contribution in [1.82, 2.24) is 4.98 Å². The number of aryl methyl sites for hydroxylation is 1. The fourth-order valence-electron chi connectivity index (χ4n) is 6.07. The van der Waals surface area contributed by atoms with Gasteiger partial charge in [0.25, 0.3) is 5.75 Å². The summed E-state index contributed by atoms with van der Waals surface area (Å²) in [5.74, 6) is 3.00. The third-order valence-electron chi connectivity index (χ3n) is 8.83. The number of aromatic hydroxyl groups is 1. The number of benzene rings is 1. The molecule has 39 heavy (non-hydrogen) atoms. The summed E-state index contributed by atoms with van der Waals surface area (Å²) >= 11 is 0. The number of H-pyrrole nitrogens is 1. The average molecular weight is 535 g/mol. The molecule has 1 amide bonds. The molecule has 1 unspecified atom stereocenters. The number of rotatable bonds is 8. The summed E-state index contributed by atoms with van der Waals surface area (Å²) in [6.07, 6.45) is 13.8. The zero-order chi connectivity index (χ0) is 27.2. The van der Waals surface area contributed by atoms with Gasteiger partial charge in [0.2, 0.25) is 5.91 Å². The van der Waals surface area contributed by atoms with Crippen LogP contribution >= 0.6 is 0 Å². The molecule has 5 N–H and O–H groups in total. The molecule has 1 atom stereocenters. The Morgan fingerprint density at radius 1 is 1.13 bits per heavy atom. The molecule has 1 aliphatic carbocycles. The Morgan fingerprint density at radius 2 is 1.87 bits per heavy atom. The zero-order valence-corrected chi connectivity index (χ0v) is 23.2. The van der Waals surface area contributed by atoms with Gasteiger partial charge in [-0.15, -0.1) is 0 Å². The van der Waals surface area contributed by atoms with Crippen molar-refractivity contribution < 1.29 is 24.2 Å². The molecule has 8 heteroatoms. The number of hydrogen-bond acceptors (Lipinski definition) is 3. The molecule has 3 heterocycles. The van der Waals surface area contributed by atoms with E-state index >= 15 is 0 Å². The summed E-state index contributed by atoms with van der Waals surface area (Å²) < 4.78 is 6.95. The molecule has 0 saturated carbocycles. The molecule has 8 nitrogen and oxygen atoms in total. The largest absolute Gasteiger partial charge is 0.582 e. The number of aromatic amines is 1. The minimum Gasteiger partial charge on any atom is -0.582 e. The quantitative estimate of drug-likeness (QED) is 0.306. The molecule has 0 bridgehead atoms. The van der Waals surface area contributed by atoms with Gasteiger partial charge in [-0.2, -0.15) is 0 Å². The maximum atomic E-state index is 11.4. The highest BCUT2D eigenvalue weighted by Gasteiger charge is 2.32.